The van der Waals surface area contributed by atoms with Crippen LogP contribution >= 0.6 is 7.82 Å². The quantitative estimate of drug-likeness (QED) is 0.0212. The van der Waals surface area contributed by atoms with Crippen LogP contribution in [-0.2, 0) is 27.9 Å². The predicted octanol–water partition coefficient (Wildman–Crippen LogP) is 18.5. The van der Waals surface area contributed by atoms with Gasteiger partial charge in [-0.25, -0.2) is 0 Å². The lowest BCUT2D eigenvalue weighted by molar-refractivity contribution is -0.870. The highest BCUT2D eigenvalue weighted by Crippen LogP contribution is 2.38. The fourth-order valence-electron chi connectivity index (χ4n) is 9.16. The molecule has 0 aliphatic carbocycles. The lowest BCUT2D eigenvalue weighted by Gasteiger charge is -2.30. The van der Waals surface area contributed by atoms with Crippen LogP contribution in [0.15, 0.2) is 36.5 Å². The van der Waals surface area contributed by atoms with Crippen molar-refractivity contribution in [2.45, 2.75) is 315 Å². The highest BCUT2D eigenvalue weighted by atomic mass is 31.2. The van der Waals surface area contributed by atoms with Crippen molar-refractivity contribution in [3.63, 3.8) is 0 Å². The number of carbonyl (C=O) groups excluding carboxylic acids is 2. The SMILES string of the molecule is CCCCCCCC/C=C/CCCCCCCCCCCC(=O)OC(/C=C/CCCCCCCCCCC)C(COP(=O)([O-])OCC[N+](C)(C)C)NC(=O)CCCCCCCCC/C=C/CCCCCCCC. The highest BCUT2D eigenvalue weighted by Gasteiger charge is 2.27. The summed E-state index contributed by atoms with van der Waals surface area (Å²) in [6.45, 7) is 6.85. The molecule has 0 aliphatic rings. The number of rotatable bonds is 57. The summed E-state index contributed by atoms with van der Waals surface area (Å²) in [6.07, 6.45) is 63.9. The van der Waals surface area contributed by atoms with Gasteiger partial charge in [-0.3, -0.25) is 14.2 Å². The number of phosphoric ester groups is 1. The fraction of sp³-hybridized carbons (Fsp3) is 0.873. The lowest BCUT2D eigenvalue weighted by atomic mass is 10.0. The van der Waals surface area contributed by atoms with Crippen molar-refractivity contribution in [1.82, 2.24) is 5.32 Å². The number of likely N-dealkylation sites (N-methyl/N-ethyl adjacent to an activating group) is 1. The van der Waals surface area contributed by atoms with E-state index < -0.39 is 20.0 Å². The number of allylic oxidation sites excluding steroid dienone is 5. The average Bonchev–Trinajstić information content (AvgIpc) is 3.35. The number of carbonyl (C=O) groups is 2. The van der Waals surface area contributed by atoms with Crippen LogP contribution in [0.3, 0.4) is 0 Å². The zero-order valence-electron chi connectivity index (χ0n) is 49.1. The standard InChI is InChI=1S/C63H121N2O7P/c1-7-10-13-16-19-22-25-27-29-31-32-34-36-38-41-44-47-50-53-56-63(67)72-61(54-51-48-45-42-39-24-21-18-15-12-9-3)60(59-71-73(68,69)70-58-57-65(4,5)6)64-62(66)55-52-49-46-43-40-37-35-33-30-28-26-23-20-17-14-11-8-2/h27-30,51,54,60-61H,7-26,31-50,52-53,55-59H2,1-6H3,(H-,64,66,68,69)/b29-27+,30-28+,54-51+. The maximum Gasteiger partial charge on any atom is 0.306 e. The summed E-state index contributed by atoms with van der Waals surface area (Å²) in [5.74, 6) is -0.538. The summed E-state index contributed by atoms with van der Waals surface area (Å²) in [6, 6.07) is -0.888. The molecule has 1 N–H and O–H groups in total. The number of unbranched alkanes of at least 4 members (excludes halogenated alkanes) is 37. The highest BCUT2D eigenvalue weighted by molar-refractivity contribution is 7.45. The van der Waals surface area contributed by atoms with Crippen molar-refractivity contribution in [3.8, 4) is 0 Å². The van der Waals surface area contributed by atoms with E-state index in [1.807, 2.05) is 33.3 Å². The molecule has 3 unspecified atom stereocenters. The van der Waals surface area contributed by atoms with Crippen molar-refractivity contribution >= 4 is 19.7 Å². The van der Waals surface area contributed by atoms with Gasteiger partial charge in [0.2, 0.25) is 5.91 Å². The minimum Gasteiger partial charge on any atom is -0.756 e. The fourth-order valence-corrected chi connectivity index (χ4v) is 9.88. The van der Waals surface area contributed by atoms with Crippen molar-refractivity contribution < 1.29 is 37.3 Å². The number of nitrogens with one attached hydrogen (secondary N) is 1. The molecule has 0 radical (unpaired) electrons. The molecule has 9 nitrogen and oxygen atoms in total. The molecule has 1 amide bonds. The van der Waals surface area contributed by atoms with Crippen LogP contribution in [0.5, 0.6) is 0 Å². The van der Waals surface area contributed by atoms with Gasteiger partial charge in [-0.05, 0) is 83.1 Å². The third-order valence-electron chi connectivity index (χ3n) is 14.0. The van der Waals surface area contributed by atoms with Crippen molar-refractivity contribution in [2.75, 3.05) is 40.9 Å². The van der Waals surface area contributed by atoms with E-state index in [0.29, 0.717) is 17.4 Å². The Morgan fingerprint density at radius 2 is 0.795 bits per heavy atom. The predicted molar refractivity (Wildman–Crippen MR) is 312 cm³/mol. The van der Waals surface area contributed by atoms with E-state index in [1.54, 1.807) is 0 Å². The number of amides is 1. The first-order valence-electron chi connectivity index (χ1n) is 31.3. The maximum atomic E-state index is 13.5. The molecule has 73 heavy (non-hydrogen) atoms. The summed E-state index contributed by atoms with van der Waals surface area (Å²) in [4.78, 5) is 39.9. The Morgan fingerprint density at radius 1 is 0.466 bits per heavy atom. The molecular weight excluding hydrogens is 928 g/mol. The molecule has 0 saturated heterocycles. The van der Waals surface area contributed by atoms with E-state index in [2.05, 4.69) is 50.4 Å². The molecular formula is C63H121N2O7P. The molecule has 3 atom stereocenters. The molecule has 0 aromatic heterocycles. The minimum absolute atomic E-state index is 0.0219. The van der Waals surface area contributed by atoms with Crippen molar-refractivity contribution in [2.24, 2.45) is 0 Å². The number of phosphoric acid groups is 1. The van der Waals surface area contributed by atoms with Gasteiger partial charge in [0, 0.05) is 12.8 Å². The number of hydrogen-bond acceptors (Lipinski definition) is 7. The normalized spacial score (nSPS) is 13.9. The van der Waals surface area contributed by atoms with E-state index in [9.17, 15) is 19.0 Å². The molecule has 0 rings (SSSR count). The molecule has 0 aromatic rings. The van der Waals surface area contributed by atoms with Crippen molar-refractivity contribution in [3.05, 3.63) is 36.5 Å². The van der Waals surface area contributed by atoms with Gasteiger partial charge in [0.15, 0.2) is 0 Å². The van der Waals surface area contributed by atoms with Gasteiger partial charge in [0.1, 0.15) is 19.3 Å². The Balaban J connectivity index is 5.20. The van der Waals surface area contributed by atoms with Gasteiger partial charge < -0.3 is 28.5 Å². The molecule has 10 heteroatoms. The molecule has 0 fully saturated rings. The maximum absolute atomic E-state index is 13.5. The Morgan fingerprint density at radius 3 is 1.16 bits per heavy atom. The van der Waals surface area contributed by atoms with Gasteiger partial charge >= 0.3 is 5.97 Å². The third kappa shape index (κ3) is 54.8. The summed E-state index contributed by atoms with van der Waals surface area (Å²) >= 11 is 0. The smallest absolute Gasteiger partial charge is 0.306 e. The van der Waals surface area contributed by atoms with Crippen LogP contribution in [0.1, 0.15) is 303 Å². The number of esters is 1. The summed E-state index contributed by atoms with van der Waals surface area (Å²) in [5.41, 5.74) is 0. The molecule has 0 bridgehead atoms. The zero-order valence-corrected chi connectivity index (χ0v) is 50.0. The van der Waals surface area contributed by atoms with Gasteiger partial charge in [-0.1, -0.05) is 244 Å². The Bertz CT molecular complexity index is 1350. The Labute approximate surface area is 453 Å². The lowest BCUT2D eigenvalue weighted by Crippen LogP contribution is -2.47. The molecule has 430 valence electrons. The van der Waals surface area contributed by atoms with Gasteiger partial charge in [0.05, 0.1) is 33.8 Å². The average molecular weight is 1050 g/mol. The monoisotopic (exact) mass is 1050 g/mol. The summed E-state index contributed by atoms with van der Waals surface area (Å²) in [5, 5.41) is 3.03. The first-order valence-corrected chi connectivity index (χ1v) is 32.8. The largest absolute Gasteiger partial charge is 0.756 e. The van der Waals surface area contributed by atoms with Crippen LogP contribution in [-0.4, -0.2) is 69.4 Å². The van der Waals surface area contributed by atoms with Crippen LogP contribution in [0.2, 0.25) is 0 Å². The molecule has 0 aliphatic heterocycles. The van der Waals surface area contributed by atoms with Gasteiger partial charge in [0.25, 0.3) is 7.82 Å². The Kier molecular flexibility index (Phi) is 52.3. The summed E-state index contributed by atoms with van der Waals surface area (Å²) < 4.78 is 30.3. The van der Waals surface area contributed by atoms with Gasteiger partial charge in [-0.2, -0.15) is 0 Å². The molecule has 0 spiro atoms. The van der Waals surface area contributed by atoms with E-state index in [0.717, 1.165) is 70.6 Å². The van der Waals surface area contributed by atoms with Crippen LogP contribution in [0.25, 0.3) is 0 Å². The number of hydrogen-bond donors (Lipinski definition) is 1. The van der Waals surface area contributed by atoms with E-state index in [-0.39, 0.29) is 31.5 Å². The second-order valence-electron chi connectivity index (χ2n) is 22.6. The molecule has 0 saturated carbocycles. The van der Waals surface area contributed by atoms with Gasteiger partial charge in [-0.15, -0.1) is 0 Å². The number of ether oxygens (including phenoxy) is 1. The van der Waals surface area contributed by atoms with Crippen LogP contribution < -0.4 is 10.2 Å². The van der Waals surface area contributed by atoms with Crippen LogP contribution in [0, 0.1) is 0 Å². The third-order valence-corrected chi connectivity index (χ3v) is 15.0. The Hall–Kier alpha value is -1.77. The van der Waals surface area contributed by atoms with Crippen LogP contribution in [0.4, 0.5) is 0 Å². The second kappa shape index (κ2) is 53.6. The summed E-state index contributed by atoms with van der Waals surface area (Å²) in [7, 11) is 1.19. The zero-order chi connectivity index (χ0) is 53.6. The number of quaternary nitrogens is 1. The van der Waals surface area contributed by atoms with E-state index >= 15 is 0 Å². The number of nitrogens with zero attached hydrogens (tertiary/aromatic N) is 1. The van der Waals surface area contributed by atoms with E-state index in [4.69, 9.17) is 13.8 Å². The minimum atomic E-state index is -4.69. The first-order chi connectivity index (χ1) is 35.4. The first kappa shape index (κ1) is 71.2. The van der Waals surface area contributed by atoms with Crippen molar-refractivity contribution in [1.29, 1.82) is 0 Å². The second-order valence-corrected chi connectivity index (χ2v) is 24.0. The molecule has 0 aromatic carbocycles. The van der Waals surface area contributed by atoms with E-state index in [1.165, 1.54) is 199 Å². The topological polar surface area (TPSA) is 114 Å². The molecule has 0 heterocycles.